The molecule has 0 fully saturated rings. The largest absolute Gasteiger partial charge is 0.469 e. The van der Waals surface area contributed by atoms with Crippen LogP contribution in [0.3, 0.4) is 0 Å². The van der Waals surface area contributed by atoms with E-state index in [1.165, 1.54) is 36.5 Å². The molecule has 0 aliphatic rings. The monoisotopic (exact) mass is 397 g/mol. The number of thioether (sulfide) groups is 1. The lowest BCUT2D eigenvalue weighted by molar-refractivity contribution is -0.140. The molecule has 2 aromatic rings. The van der Waals surface area contributed by atoms with Gasteiger partial charge in [0.25, 0.3) is 0 Å². The summed E-state index contributed by atoms with van der Waals surface area (Å²) in [6.45, 7) is 1.94. The number of carbonyl (C=O) groups is 3. The summed E-state index contributed by atoms with van der Waals surface area (Å²) in [5.74, 6) is 0.0633. The standard InChI is InChI=1S/C17H19NO6S2/c1-3-23-17(21)15-11(12-5-4-7-24-12)9-26-16(15)18-13(19)10-25-8-6-14(20)22-2/h4-5,7,9H,3,6,8,10H2,1-2H3,(H,18,19). The van der Waals surface area contributed by atoms with Gasteiger partial charge in [0.1, 0.15) is 16.3 Å². The van der Waals surface area contributed by atoms with Crippen molar-refractivity contribution in [3.8, 4) is 11.3 Å². The number of methoxy groups -OCH3 is 1. The Kier molecular flexibility index (Phi) is 7.73. The Morgan fingerprint density at radius 1 is 1.35 bits per heavy atom. The van der Waals surface area contributed by atoms with Gasteiger partial charge in [-0.2, -0.15) is 11.8 Å². The zero-order valence-corrected chi connectivity index (χ0v) is 16.0. The van der Waals surface area contributed by atoms with E-state index >= 15 is 0 Å². The second-order valence-electron chi connectivity index (χ2n) is 4.98. The number of hydrogen-bond acceptors (Lipinski definition) is 8. The fourth-order valence-electron chi connectivity index (χ4n) is 2.05. The Labute approximate surface area is 159 Å². The molecule has 9 heteroatoms. The van der Waals surface area contributed by atoms with Crippen molar-refractivity contribution in [1.29, 1.82) is 0 Å². The summed E-state index contributed by atoms with van der Waals surface area (Å²) in [6.07, 6.45) is 1.75. The predicted octanol–water partition coefficient (Wildman–Crippen LogP) is 3.42. The van der Waals surface area contributed by atoms with Crippen LogP contribution in [0.5, 0.6) is 0 Å². The minimum Gasteiger partial charge on any atom is -0.469 e. The van der Waals surface area contributed by atoms with Gasteiger partial charge in [-0.15, -0.1) is 11.3 Å². The third-order valence-corrected chi connectivity index (χ3v) is 5.08. The van der Waals surface area contributed by atoms with Crippen molar-refractivity contribution in [2.24, 2.45) is 0 Å². The summed E-state index contributed by atoms with van der Waals surface area (Å²) in [6, 6.07) is 3.46. The van der Waals surface area contributed by atoms with E-state index in [1.54, 1.807) is 24.4 Å². The molecule has 1 N–H and O–H groups in total. The van der Waals surface area contributed by atoms with Crippen LogP contribution >= 0.6 is 23.1 Å². The predicted molar refractivity (Wildman–Crippen MR) is 101 cm³/mol. The maximum absolute atomic E-state index is 12.3. The van der Waals surface area contributed by atoms with Crippen molar-refractivity contribution in [2.45, 2.75) is 13.3 Å². The SMILES string of the molecule is CCOC(=O)c1c(-c2ccco2)csc1NC(=O)CSCCC(=O)OC. The summed E-state index contributed by atoms with van der Waals surface area (Å²) in [5, 5.41) is 4.89. The fraction of sp³-hybridized carbons (Fsp3) is 0.353. The Morgan fingerprint density at radius 2 is 2.15 bits per heavy atom. The molecule has 7 nitrogen and oxygen atoms in total. The maximum Gasteiger partial charge on any atom is 0.341 e. The van der Waals surface area contributed by atoms with Gasteiger partial charge in [0, 0.05) is 16.7 Å². The van der Waals surface area contributed by atoms with Crippen molar-refractivity contribution < 1.29 is 28.3 Å². The molecule has 0 aromatic carbocycles. The molecule has 2 heterocycles. The van der Waals surface area contributed by atoms with Gasteiger partial charge in [-0.3, -0.25) is 9.59 Å². The molecule has 0 spiro atoms. The molecule has 0 aliphatic heterocycles. The summed E-state index contributed by atoms with van der Waals surface area (Å²) in [7, 11) is 1.32. The number of thiophene rings is 1. The van der Waals surface area contributed by atoms with Gasteiger partial charge in [0.15, 0.2) is 0 Å². The van der Waals surface area contributed by atoms with E-state index in [2.05, 4.69) is 10.1 Å². The van der Waals surface area contributed by atoms with Crippen LogP contribution in [-0.2, 0) is 19.1 Å². The van der Waals surface area contributed by atoms with Gasteiger partial charge in [0.2, 0.25) is 5.91 Å². The number of amides is 1. The summed E-state index contributed by atoms with van der Waals surface area (Å²) < 4.78 is 15.0. The fourth-order valence-corrected chi connectivity index (χ4v) is 3.72. The highest BCUT2D eigenvalue weighted by molar-refractivity contribution is 7.99. The molecule has 0 atom stereocenters. The van der Waals surface area contributed by atoms with Gasteiger partial charge in [0.05, 0.1) is 32.2 Å². The number of esters is 2. The van der Waals surface area contributed by atoms with Crippen LogP contribution in [0, 0.1) is 0 Å². The Morgan fingerprint density at radius 3 is 2.81 bits per heavy atom. The van der Waals surface area contributed by atoms with E-state index in [4.69, 9.17) is 9.15 Å². The molecule has 26 heavy (non-hydrogen) atoms. The van der Waals surface area contributed by atoms with Crippen LogP contribution in [0.25, 0.3) is 11.3 Å². The lowest BCUT2D eigenvalue weighted by Crippen LogP contribution is -2.17. The van der Waals surface area contributed by atoms with Crippen molar-refractivity contribution in [3.05, 3.63) is 29.3 Å². The third kappa shape index (κ3) is 5.37. The summed E-state index contributed by atoms with van der Waals surface area (Å²) >= 11 is 2.54. The van der Waals surface area contributed by atoms with E-state index < -0.39 is 5.97 Å². The number of rotatable bonds is 9. The molecule has 140 valence electrons. The van der Waals surface area contributed by atoms with Crippen LogP contribution in [0.2, 0.25) is 0 Å². The van der Waals surface area contributed by atoms with Crippen LogP contribution in [0.4, 0.5) is 5.00 Å². The third-order valence-electron chi connectivity index (χ3n) is 3.22. The first kappa shape index (κ1) is 20.1. The highest BCUT2D eigenvalue weighted by Gasteiger charge is 2.24. The van der Waals surface area contributed by atoms with E-state index in [1.807, 2.05) is 0 Å². The molecule has 2 aromatic heterocycles. The first-order chi connectivity index (χ1) is 12.6. The molecule has 0 saturated heterocycles. The quantitative estimate of drug-likeness (QED) is 0.512. The van der Waals surface area contributed by atoms with Crippen molar-refractivity contribution in [1.82, 2.24) is 0 Å². The topological polar surface area (TPSA) is 94.8 Å². The first-order valence-electron chi connectivity index (χ1n) is 7.83. The Bertz CT molecular complexity index is 753. The van der Waals surface area contributed by atoms with Crippen molar-refractivity contribution in [2.75, 3.05) is 30.5 Å². The van der Waals surface area contributed by atoms with E-state index in [-0.39, 0.29) is 36.2 Å². The molecular weight excluding hydrogens is 378 g/mol. The van der Waals surface area contributed by atoms with E-state index in [0.29, 0.717) is 22.1 Å². The molecule has 0 unspecified atom stereocenters. The number of ether oxygens (including phenoxy) is 2. The lowest BCUT2D eigenvalue weighted by atomic mass is 10.1. The van der Waals surface area contributed by atoms with Gasteiger partial charge in [-0.25, -0.2) is 4.79 Å². The summed E-state index contributed by atoms with van der Waals surface area (Å²) in [4.78, 5) is 35.5. The zero-order chi connectivity index (χ0) is 18.9. The van der Waals surface area contributed by atoms with E-state index in [0.717, 1.165) is 0 Å². The van der Waals surface area contributed by atoms with Crippen molar-refractivity contribution in [3.63, 3.8) is 0 Å². The molecule has 0 radical (unpaired) electrons. The molecular formula is C17H19NO6S2. The van der Waals surface area contributed by atoms with Gasteiger partial charge < -0.3 is 19.2 Å². The molecule has 0 bridgehead atoms. The normalized spacial score (nSPS) is 10.4. The summed E-state index contributed by atoms with van der Waals surface area (Å²) in [5.41, 5.74) is 0.854. The number of hydrogen-bond donors (Lipinski definition) is 1. The van der Waals surface area contributed by atoms with E-state index in [9.17, 15) is 14.4 Å². The van der Waals surface area contributed by atoms with Crippen LogP contribution in [0.15, 0.2) is 28.2 Å². The van der Waals surface area contributed by atoms with Crippen molar-refractivity contribution >= 4 is 45.9 Å². The van der Waals surface area contributed by atoms with Gasteiger partial charge in [-0.1, -0.05) is 0 Å². The minimum absolute atomic E-state index is 0.160. The van der Waals surface area contributed by atoms with Crippen LogP contribution in [0.1, 0.15) is 23.7 Å². The molecule has 2 rings (SSSR count). The second-order valence-corrected chi connectivity index (χ2v) is 6.96. The highest BCUT2D eigenvalue weighted by atomic mass is 32.2. The average Bonchev–Trinajstić information content (AvgIpc) is 3.28. The average molecular weight is 397 g/mol. The number of nitrogens with one attached hydrogen (secondary N) is 1. The lowest BCUT2D eigenvalue weighted by Gasteiger charge is -2.07. The number of carbonyl (C=O) groups excluding carboxylic acids is 3. The smallest absolute Gasteiger partial charge is 0.341 e. The molecule has 0 saturated carbocycles. The molecule has 0 aliphatic carbocycles. The maximum atomic E-state index is 12.3. The van der Waals surface area contributed by atoms with Gasteiger partial charge in [-0.05, 0) is 19.1 Å². The Balaban J connectivity index is 2.05. The van der Waals surface area contributed by atoms with Crippen LogP contribution < -0.4 is 5.32 Å². The van der Waals surface area contributed by atoms with Gasteiger partial charge >= 0.3 is 11.9 Å². The Hall–Kier alpha value is -2.26. The minimum atomic E-state index is -0.520. The number of furan rings is 1. The highest BCUT2D eigenvalue weighted by Crippen LogP contribution is 2.36. The number of anilines is 1. The molecule has 1 amide bonds. The second kappa shape index (κ2) is 10.0. The zero-order valence-electron chi connectivity index (χ0n) is 14.4. The first-order valence-corrected chi connectivity index (χ1v) is 9.87. The van der Waals surface area contributed by atoms with Crippen LogP contribution in [-0.4, -0.2) is 43.1 Å².